The first-order chi connectivity index (χ1) is 19.0. The summed E-state index contributed by atoms with van der Waals surface area (Å²) in [4.78, 5) is 47.0. The second kappa shape index (κ2) is 14.1. The number of benzene rings is 2. The fourth-order valence-corrected chi connectivity index (χ4v) is 6.62. The number of hydrogen-bond acceptors (Lipinski definition) is 9. The average molecular weight is 576 g/mol. The van der Waals surface area contributed by atoms with Crippen LogP contribution in [0.2, 0.25) is 0 Å². The monoisotopic (exact) mass is 575 g/mol. The van der Waals surface area contributed by atoms with E-state index in [0.29, 0.717) is 11.1 Å². The maximum absolute atomic E-state index is 13.6. The molecule has 0 unspecified atom stereocenters. The average Bonchev–Trinajstić information content (AvgIpc) is 2.92. The molecule has 2 aromatic carbocycles. The predicted octanol–water partition coefficient (Wildman–Crippen LogP) is 3.90. The van der Waals surface area contributed by atoms with Crippen molar-refractivity contribution in [3.05, 3.63) is 79.9 Å². The van der Waals surface area contributed by atoms with Crippen molar-refractivity contribution in [1.29, 1.82) is 0 Å². The number of nitrogens with zero attached hydrogens (tertiary/aromatic N) is 2. The number of carbonyl (C=O) groups excluding carboxylic acids is 2. The van der Waals surface area contributed by atoms with Crippen LogP contribution in [0.5, 0.6) is 0 Å². The van der Waals surface area contributed by atoms with Gasteiger partial charge in [-0.1, -0.05) is 43.5 Å². The highest BCUT2D eigenvalue weighted by Crippen LogP contribution is 2.24. The minimum absolute atomic E-state index is 0.00777. The lowest BCUT2D eigenvalue weighted by Crippen LogP contribution is -2.41. The first-order valence-electron chi connectivity index (χ1n) is 13.0. The SMILES string of the molecule is COC(=O)[C@@H](CC(=O)[C@@H](Cc1ccc([N+](=O)[O-])cc1)CS(=O)(=O)NC1CCCCC1)Cc1ccc([N+](=O)[O-])cc1. The number of ketones is 1. The second-order valence-corrected chi connectivity index (χ2v) is 11.9. The van der Waals surface area contributed by atoms with Gasteiger partial charge in [0.25, 0.3) is 11.4 Å². The van der Waals surface area contributed by atoms with Gasteiger partial charge >= 0.3 is 5.97 Å². The lowest BCUT2D eigenvalue weighted by molar-refractivity contribution is -0.385. The Morgan fingerprint density at radius 2 is 1.35 bits per heavy atom. The standard InChI is InChI=1S/C27H33N3O9S/c1-39-27(32)21(15-19-7-11-24(12-8-19)29(33)34)17-26(31)22(16-20-9-13-25(14-10-20)30(35)36)18-40(37,38)28-23-5-3-2-4-6-23/h7-14,21-23,28H,2-6,15-18H2,1H3/t21-,22+/m1/s1. The number of methoxy groups -OCH3 is 1. The first-order valence-corrected chi connectivity index (χ1v) is 14.7. The van der Waals surface area contributed by atoms with E-state index in [0.717, 1.165) is 32.1 Å². The lowest BCUT2D eigenvalue weighted by Gasteiger charge is -2.24. The van der Waals surface area contributed by atoms with E-state index < -0.39 is 49.2 Å². The van der Waals surface area contributed by atoms with Gasteiger partial charge < -0.3 is 4.74 Å². The molecule has 0 amide bonds. The Bertz CT molecular complexity index is 1310. The molecule has 0 radical (unpaired) electrons. The highest BCUT2D eigenvalue weighted by atomic mass is 32.2. The zero-order chi connectivity index (χ0) is 29.3. The number of ether oxygens (including phenoxy) is 1. The summed E-state index contributed by atoms with van der Waals surface area (Å²) in [6.45, 7) is 0. The molecular weight excluding hydrogens is 542 g/mol. The molecular formula is C27H33N3O9S. The number of Topliss-reactive ketones (excluding diaryl/α,β-unsaturated/α-hetero) is 1. The summed E-state index contributed by atoms with van der Waals surface area (Å²) in [5.74, 6) is -3.59. The van der Waals surface area contributed by atoms with Crippen LogP contribution in [0.4, 0.5) is 11.4 Å². The fraction of sp³-hybridized carbons (Fsp3) is 0.481. The first kappa shape index (κ1) is 30.8. The molecule has 13 heteroatoms. The van der Waals surface area contributed by atoms with E-state index >= 15 is 0 Å². The molecule has 2 aromatic rings. The van der Waals surface area contributed by atoms with Crippen LogP contribution in [0.1, 0.15) is 49.7 Å². The molecule has 1 aliphatic rings. The number of carbonyl (C=O) groups is 2. The van der Waals surface area contributed by atoms with Crippen molar-refractivity contribution in [2.24, 2.45) is 11.8 Å². The van der Waals surface area contributed by atoms with Crippen LogP contribution >= 0.6 is 0 Å². The Balaban J connectivity index is 1.81. The zero-order valence-corrected chi connectivity index (χ0v) is 23.0. The van der Waals surface area contributed by atoms with Crippen LogP contribution in [0.3, 0.4) is 0 Å². The fourth-order valence-electron chi connectivity index (χ4n) is 4.94. The molecule has 216 valence electrons. The van der Waals surface area contributed by atoms with Gasteiger partial charge in [-0.25, -0.2) is 13.1 Å². The minimum atomic E-state index is -3.86. The predicted molar refractivity (Wildman–Crippen MR) is 146 cm³/mol. The van der Waals surface area contributed by atoms with Gasteiger partial charge in [-0.2, -0.15) is 0 Å². The molecule has 0 aromatic heterocycles. The number of rotatable bonds is 14. The Kier molecular flexibility index (Phi) is 10.8. The number of hydrogen-bond donors (Lipinski definition) is 1. The van der Waals surface area contributed by atoms with Crippen molar-refractivity contribution in [3.63, 3.8) is 0 Å². The van der Waals surface area contributed by atoms with E-state index in [1.165, 1.54) is 55.6 Å². The molecule has 0 spiro atoms. The summed E-state index contributed by atoms with van der Waals surface area (Å²) in [5.41, 5.74) is 0.870. The van der Waals surface area contributed by atoms with E-state index in [9.17, 15) is 38.2 Å². The van der Waals surface area contributed by atoms with Crippen molar-refractivity contribution < 1.29 is 32.6 Å². The number of nitro groups is 2. The van der Waals surface area contributed by atoms with Crippen molar-refractivity contribution in [3.8, 4) is 0 Å². The quantitative estimate of drug-likeness (QED) is 0.199. The van der Waals surface area contributed by atoms with Gasteiger partial charge in [0.1, 0.15) is 5.78 Å². The third-order valence-electron chi connectivity index (χ3n) is 7.07. The van der Waals surface area contributed by atoms with Gasteiger partial charge in [-0.15, -0.1) is 0 Å². The van der Waals surface area contributed by atoms with Crippen molar-refractivity contribution >= 4 is 33.2 Å². The van der Waals surface area contributed by atoms with Crippen LogP contribution < -0.4 is 4.72 Å². The van der Waals surface area contributed by atoms with E-state index in [-0.39, 0.29) is 36.7 Å². The second-order valence-electron chi connectivity index (χ2n) is 10.1. The number of nitrogens with one attached hydrogen (secondary N) is 1. The summed E-state index contributed by atoms with van der Waals surface area (Å²) in [6.07, 6.45) is 4.09. The Hall–Kier alpha value is -3.71. The third kappa shape index (κ3) is 9.19. The molecule has 0 saturated heterocycles. The summed E-state index contributed by atoms with van der Waals surface area (Å²) in [6, 6.07) is 10.9. The molecule has 1 N–H and O–H groups in total. The molecule has 1 aliphatic carbocycles. The molecule has 12 nitrogen and oxygen atoms in total. The zero-order valence-electron chi connectivity index (χ0n) is 22.2. The normalized spacial score (nSPS) is 15.6. The van der Waals surface area contributed by atoms with E-state index in [1.54, 1.807) is 0 Å². The van der Waals surface area contributed by atoms with Crippen LogP contribution in [-0.4, -0.2) is 48.9 Å². The summed E-state index contributed by atoms with van der Waals surface area (Å²) < 4.78 is 33.8. The molecule has 3 rings (SSSR count). The topological polar surface area (TPSA) is 176 Å². The summed E-state index contributed by atoms with van der Waals surface area (Å²) in [5, 5.41) is 22.0. The van der Waals surface area contributed by atoms with E-state index in [4.69, 9.17) is 4.74 Å². The molecule has 1 saturated carbocycles. The molecule has 2 atom stereocenters. The molecule has 0 aliphatic heterocycles. The summed E-state index contributed by atoms with van der Waals surface area (Å²) in [7, 11) is -2.68. The van der Waals surface area contributed by atoms with Crippen LogP contribution in [0.25, 0.3) is 0 Å². The van der Waals surface area contributed by atoms with Crippen LogP contribution in [0.15, 0.2) is 48.5 Å². The Labute approximate surface area is 232 Å². The van der Waals surface area contributed by atoms with Crippen molar-refractivity contribution in [1.82, 2.24) is 4.72 Å². The largest absolute Gasteiger partial charge is 0.469 e. The number of nitro benzene ring substituents is 2. The van der Waals surface area contributed by atoms with Gasteiger partial charge in [0.2, 0.25) is 10.0 Å². The lowest BCUT2D eigenvalue weighted by atomic mass is 9.87. The van der Waals surface area contributed by atoms with Crippen LogP contribution in [0, 0.1) is 32.1 Å². The van der Waals surface area contributed by atoms with Gasteiger partial charge in [0, 0.05) is 42.6 Å². The highest BCUT2D eigenvalue weighted by molar-refractivity contribution is 7.89. The Morgan fingerprint density at radius 3 is 1.80 bits per heavy atom. The van der Waals surface area contributed by atoms with Gasteiger partial charge in [0.05, 0.1) is 28.6 Å². The van der Waals surface area contributed by atoms with Gasteiger partial charge in [0.15, 0.2) is 0 Å². The maximum atomic E-state index is 13.6. The molecule has 0 bridgehead atoms. The highest BCUT2D eigenvalue weighted by Gasteiger charge is 2.32. The number of non-ortho nitro benzene ring substituents is 2. The summed E-state index contributed by atoms with van der Waals surface area (Å²) >= 11 is 0. The van der Waals surface area contributed by atoms with Crippen LogP contribution in [-0.2, 0) is 37.2 Å². The molecule has 0 heterocycles. The number of sulfonamides is 1. The molecule has 1 fully saturated rings. The van der Waals surface area contributed by atoms with Gasteiger partial charge in [-0.05, 0) is 36.8 Å². The van der Waals surface area contributed by atoms with E-state index in [1.807, 2.05) is 0 Å². The van der Waals surface area contributed by atoms with Crippen molar-refractivity contribution in [2.75, 3.05) is 12.9 Å². The third-order valence-corrected chi connectivity index (χ3v) is 8.60. The number of esters is 1. The molecule has 40 heavy (non-hydrogen) atoms. The maximum Gasteiger partial charge on any atom is 0.309 e. The smallest absolute Gasteiger partial charge is 0.309 e. The minimum Gasteiger partial charge on any atom is -0.469 e. The Morgan fingerprint density at radius 1 is 0.875 bits per heavy atom. The van der Waals surface area contributed by atoms with Gasteiger partial charge in [-0.3, -0.25) is 29.8 Å². The van der Waals surface area contributed by atoms with E-state index in [2.05, 4.69) is 4.72 Å². The van der Waals surface area contributed by atoms with Crippen molar-refractivity contribution in [2.45, 2.75) is 57.4 Å².